The van der Waals surface area contributed by atoms with Gasteiger partial charge in [0.25, 0.3) is 0 Å². The third-order valence-electron chi connectivity index (χ3n) is 5.62. The first kappa shape index (κ1) is 21.6. The fraction of sp³-hybridized carbons (Fsp3) is 0. The SMILES string of the molecule is O=C(O)c1ccccc1-c1cc2cc3ccc(cc4nc(cc5nc(cc1[nH]2)C=C5)C=C4)[nH]3.[Fe]. The Morgan fingerprint density at radius 1 is 0.647 bits per heavy atom. The molecule has 6 rings (SSSR count). The Balaban J connectivity index is 0.00000241. The van der Waals surface area contributed by atoms with E-state index in [2.05, 4.69) is 15.0 Å². The molecule has 2 aliphatic rings. The normalized spacial score (nSPS) is 11.9. The van der Waals surface area contributed by atoms with Gasteiger partial charge in [0.2, 0.25) is 0 Å². The molecule has 3 aromatic heterocycles. The number of carbonyl (C=O) groups is 1. The summed E-state index contributed by atoms with van der Waals surface area (Å²) in [5.41, 5.74) is 8.51. The molecule has 1 aromatic carbocycles. The fourth-order valence-electron chi connectivity index (χ4n) is 4.15. The second-order valence-corrected chi connectivity index (χ2v) is 7.94. The molecule has 0 unspecified atom stereocenters. The molecule has 0 atom stereocenters. The minimum atomic E-state index is -0.962. The second-order valence-electron chi connectivity index (χ2n) is 7.94. The van der Waals surface area contributed by atoms with Gasteiger partial charge < -0.3 is 15.1 Å². The van der Waals surface area contributed by atoms with E-state index in [4.69, 9.17) is 4.98 Å². The molecule has 166 valence electrons. The van der Waals surface area contributed by atoms with Crippen LogP contribution in [0.5, 0.6) is 0 Å². The first-order valence-corrected chi connectivity index (χ1v) is 10.5. The van der Waals surface area contributed by atoms with Crippen LogP contribution in [-0.4, -0.2) is 31.0 Å². The van der Waals surface area contributed by atoms with Crippen molar-refractivity contribution in [1.29, 1.82) is 0 Å². The van der Waals surface area contributed by atoms with Gasteiger partial charge in [0.15, 0.2) is 0 Å². The van der Waals surface area contributed by atoms with E-state index in [1.54, 1.807) is 12.1 Å². The maximum atomic E-state index is 11.9. The largest absolute Gasteiger partial charge is 0.478 e. The van der Waals surface area contributed by atoms with Gasteiger partial charge in [0.1, 0.15) is 0 Å². The number of nitrogens with zero attached hydrogens (tertiary/aromatic N) is 2. The molecule has 34 heavy (non-hydrogen) atoms. The molecule has 0 fully saturated rings. The number of fused-ring (bicyclic) bond motifs is 8. The van der Waals surface area contributed by atoms with Crippen molar-refractivity contribution in [3.05, 3.63) is 95.1 Å². The summed E-state index contributed by atoms with van der Waals surface area (Å²) in [7, 11) is 0. The molecule has 0 aliphatic carbocycles. The predicted octanol–water partition coefficient (Wildman–Crippen LogP) is 6.02. The number of nitrogens with one attached hydrogen (secondary N) is 2. The van der Waals surface area contributed by atoms with E-state index >= 15 is 0 Å². The Morgan fingerprint density at radius 3 is 1.97 bits per heavy atom. The van der Waals surface area contributed by atoms with Crippen LogP contribution in [0.1, 0.15) is 33.1 Å². The number of hydrogen-bond donors (Lipinski definition) is 3. The van der Waals surface area contributed by atoms with Gasteiger partial charge in [0, 0.05) is 44.7 Å². The van der Waals surface area contributed by atoms with Gasteiger partial charge in [-0.05, 0) is 78.4 Å². The van der Waals surface area contributed by atoms with Crippen molar-refractivity contribution in [3.8, 4) is 11.1 Å². The van der Waals surface area contributed by atoms with E-state index < -0.39 is 5.97 Å². The van der Waals surface area contributed by atoms with Crippen LogP contribution in [0.4, 0.5) is 0 Å². The molecule has 7 heteroatoms. The Kier molecular flexibility index (Phi) is 5.49. The van der Waals surface area contributed by atoms with E-state index in [1.807, 2.05) is 78.9 Å². The van der Waals surface area contributed by atoms with E-state index in [-0.39, 0.29) is 22.6 Å². The summed E-state index contributed by atoms with van der Waals surface area (Å²) < 4.78 is 0. The van der Waals surface area contributed by atoms with Crippen LogP contribution < -0.4 is 0 Å². The molecule has 0 saturated carbocycles. The maximum Gasteiger partial charge on any atom is 0.336 e. The number of aromatic nitrogens is 4. The summed E-state index contributed by atoms with van der Waals surface area (Å²) in [4.78, 5) is 28.0. The van der Waals surface area contributed by atoms with Crippen molar-refractivity contribution in [3.63, 3.8) is 0 Å². The Hall–Kier alpha value is -4.19. The average molecular weight is 486 g/mol. The summed E-state index contributed by atoms with van der Waals surface area (Å²) in [6.07, 6.45) is 7.83. The predicted molar refractivity (Wildman–Crippen MR) is 131 cm³/mol. The molecule has 2 aliphatic heterocycles. The molecular formula is C27H18FeN4O2. The van der Waals surface area contributed by atoms with E-state index in [9.17, 15) is 9.90 Å². The van der Waals surface area contributed by atoms with Gasteiger partial charge in [-0.15, -0.1) is 0 Å². The summed E-state index contributed by atoms with van der Waals surface area (Å²) in [6.45, 7) is 0. The first-order valence-electron chi connectivity index (χ1n) is 10.5. The summed E-state index contributed by atoms with van der Waals surface area (Å²) in [5, 5.41) is 9.73. The molecular weight excluding hydrogens is 468 g/mol. The number of aromatic carboxylic acids is 1. The van der Waals surface area contributed by atoms with Crippen LogP contribution in [0.3, 0.4) is 0 Å². The number of aromatic amines is 2. The minimum absolute atomic E-state index is 0. The molecule has 0 radical (unpaired) electrons. The van der Waals surface area contributed by atoms with Crippen LogP contribution in [-0.2, 0) is 17.1 Å². The standard InChI is InChI=1S/C27H18N4O2.Fe/c32-27(33)24-4-2-1-3-23(24)25-14-22-13-20-8-7-18(29-20)11-16-5-6-17(28-16)12-19-9-10-21(30-19)15-26(25)31-22;/h1-15,29,31H,(H,32,33);. The van der Waals surface area contributed by atoms with Crippen molar-refractivity contribution < 1.29 is 27.0 Å². The molecule has 8 bridgehead atoms. The minimum Gasteiger partial charge on any atom is -0.478 e. The molecule has 5 heterocycles. The van der Waals surface area contributed by atoms with Crippen LogP contribution in [0, 0.1) is 0 Å². The Bertz CT molecular complexity index is 1660. The molecule has 0 spiro atoms. The quantitative estimate of drug-likeness (QED) is 0.261. The van der Waals surface area contributed by atoms with Crippen molar-refractivity contribution in [2.24, 2.45) is 0 Å². The first-order chi connectivity index (χ1) is 16.1. The van der Waals surface area contributed by atoms with Crippen molar-refractivity contribution in [2.45, 2.75) is 0 Å². The van der Waals surface area contributed by atoms with E-state index in [1.165, 1.54) is 0 Å². The van der Waals surface area contributed by atoms with Gasteiger partial charge >= 0.3 is 5.97 Å². The summed E-state index contributed by atoms with van der Waals surface area (Å²) in [6, 6.07) is 20.9. The fourth-order valence-corrected chi connectivity index (χ4v) is 4.15. The number of hydrogen-bond acceptors (Lipinski definition) is 3. The molecule has 0 saturated heterocycles. The second kappa shape index (κ2) is 8.63. The third-order valence-corrected chi connectivity index (χ3v) is 5.62. The zero-order valence-corrected chi connectivity index (χ0v) is 18.9. The van der Waals surface area contributed by atoms with Crippen LogP contribution >= 0.6 is 0 Å². The smallest absolute Gasteiger partial charge is 0.336 e. The van der Waals surface area contributed by atoms with Gasteiger partial charge in [-0.3, -0.25) is 0 Å². The van der Waals surface area contributed by atoms with Crippen molar-refractivity contribution in [1.82, 2.24) is 19.9 Å². The molecule has 4 aromatic rings. The number of H-pyrrole nitrogens is 2. The van der Waals surface area contributed by atoms with Gasteiger partial charge in [-0.25, -0.2) is 14.8 Å². The average Bonchev–Trinajstić information content (AvgIpc) is 3.59. The van der Waals surface area contributed by atoms with Crippen LogP contribution in [0.2, 0.25) is 0 Å². The van der Waals surface area contributed by atoms with Crippen molar-refractivity contribution >= 4 is 52.3 Å². The van der Waals surface area contributed by atoms with Crippen LogP contribution in [0.25, 0.3) is 57.5 Å². The number of rotatable bonds is 2. The Morgan fingerprint density at radius 2 is 1.26 bits per heavy atom. The zero-order valence-electron chi connectivity index (χ0n) is 17.8. The topological polar surface area (TPSA) is 94.7 Å². The molecule has 6 nitrogen and oxygen atoms in total. The van der Waals surface area contributed by atoms with E-state index in [0.717, 1.165) is 50.4 Å². The van der Waals surface area contributed by atoms with Gasteiger partial charge in [0.05, 0.1) is 28.3 Å². The van der Waals surface area contributed by atoms with Crippen molar-refractivity contribution in [2.75, 3.05) is 0 Å². The van der Waals surface area contributed by atoms with E-state index in [0.29, 0.717) is 5.56 Å². The van der Waals surface area contributed by atoms with Crippen LogP contribution in [0.15, 0.2) is 66.7 Å². The zero-order chi connectivity index (χ0) is 22.4. The Labute approximate surface area is 205 Å². The number of benzene rings is 1. The van der Waals surface area contributed by atoms with Gasteiger partial charge in [-0.2, -0.15) is 0 Å². The number of carboxylic acid groups (broad SMARTS) is 1. The monoisotopic (exact) mass is 486 g/mol. The number of carboxylic acids is 1. The molecule has 3 N–H and O–H groups in total. The summed E-state index contributed by atoms with van der Waals surface area (Å²) >= 11 is 0. The summed E-state index contributed by atoms with van der Waals surface area (Å²) in [5.74, 6) is -0.962. The third kappa shape index (κ3) is 4.10. The van der Waals surface area contributed by atoms with Gasteiger partial charge in [-0.1, -0.05) is 18.2 Å². The molecule has 0 amide bonds. The maximum absolute atomic E-state index is 11.9.